The van der Waals surface area contributed by atoms with Gasteiger partial charge in [-0.3, -0.25) is 4.79 Å². The number of halogens is 3. The average molecular weight is 320 g/mol. The molecule has 1 aromatic carbocycles. The Hall–Kier alpha value is -1.01. The summed E-state index contributed by atoms with van der Waals surface area (Å²) in [5, 5.41) is 11.9. The SMILES string of the molecule is O=C(NCC(O)C1CC1)c1c(F)cc(Br)cc1F. The fourth-order valence-electron chi connectivity index (χ4n) is 1.69. The number of amides is 1. The van der Waals surface area contributed by atoms with Crippen molar-refractivity contribution in [3.8, 4) is 0 Å². The minimum Gasteiger partial charge on any atom is -0.391 e. The molecular formula is C12H12BrF2NO2. The van der Waals surface area contributed by atoms with E-state index in [2.05, 4.69) is 21.2 Å². The molecule has 0 heterocycles. The van der Waals surface area contributed by atoms with Crippen LogP contribution in [0.25, 0.3) is 0 Å². The number of aliphatic hydroxyl groups excluding tert-OH is 1. The summed E-state index contributed by atoms with van der Waals surface area (Å²) in [6.45, 7) is 0.0123. The van der Waals surface area contributed by atoms with E-state index < -0.39 is 29.2 Å². The molecule has 2 rings (SSSR count). The maximum Gasteiger partial charge on any atom is 0.257 e. The highest BCUT2D eigenvalue weighted by atomic mass is 79.9. The number of hydrogen-bond donors (Lipinski definition) is 2. The van der Waals surface area contributed by atoms with Crippen LogP contribution >= 0.6 is 15.9 Å². The average Bonchev–Trinajstić information content (AvgIpc) is 3.07. The Morgan fingerprint density at radius 1 is 1.44 bits per heavy atom. The van der Waals surface area contributed by atoms with Crippen molar-refractivity contribution in [2.45, 2.75) is 18.9 Å². The van der Waals surface area contributed by atoms with Crippen LogP contribution in [0.5, 0.6) is 0 Å². The molecule has 2 N–H and O–H groups in total. The first-order valence-electron chi connectivity index (χ1n) is 5.60. The lowest BCUT2D eigenvalue weighted by Crippen LogP contribution is -2.34. The third kappa shape index (κ3) is 3.05. The van der Waals surface area contributed by atoms with Crippen molar-refractivity contribution >= 4 is 21.8 Å². The molecule has 1 aliphatic rings. The fraction of sp³-hybridized carbons (Fsp3) is 0.417. The van der Waals surface area contributed by atoms with Gasteiger partial charge in [-0.1, -0.05) is 15.9 Å². The van der Waals surface area contributed by atoms with Crippen molar-refractivity contribution in [1.29, 1.82) is 0 Å². The first-order valence-corrected chi connectivity index (χ1v) is 6.39. The molecule has 0 radical (unpaired) electrons. The third-order valence-corrected chi connectivity index (χ3v) is 3.33. The Bertz CT molecular complexity index is 454. The van der Waals surface area contributed by atoms with Crippen LogP contribution in [-0.4, -0.2) is 23.7 Å². The van der Waals surface area contributed by atoms with Gasteiger partial charge in [-0.05, 0) is 30.9 Å². The van der Waals surface area contributed by atoms with Gasteiger partial charge in [-0.2, -0.15) is 0 Å². The number of hydrogen-bond acceptors (Lipinski definition) is 2. The van der Waals surface area contributed by atoms with Crippen LogP contribution in [0.2, 0.25) is 0 Å². The Morgan fingerprint density at radius 2 is 2.00 bits per heavy atom. The van der Waals surface area contributed by atoms with Crippen LogP contribution in [0.1, 0.15) is 23.2 Å². The number of aliphatic hydroxyl groups is 1. The molecule has 98 valence electrons. The molecule has 18 heavy (non-hydrogen) atoms. The highest BCUT2D eigenvalue weighted by Crippen LogP contribution is 2.32. The van der Waals surface area contributed by atoms with Gasteiger partial charge >= 0.3 is 0 Å². The zero-order valence-electron chi connectivity index (χ0n) is 9.42. The summed E-state index contributed by atoms with van der Waals surface area (Å²) in [5.41, 5.74) is -0.624. The first kappa shape index (κ1) is 13.4. The van der Waals surface area contributed by atoms with Crippen molar-refractivity contribution in [3.05, 3.63) is 33.8 Å². The first-order chi connectivity index (χ1) is 8.49. The number of carbonyl (C=O) groups is 1. The molecule has 1 unspecified atom stereocenters. The van der Waals surface area contributed by atoms with E-state index in [1.807, 2.05) is 0 Å². The highest BCUT2D eigenvalue weighted by molar-refractivity contribution is 9.10. The monoisotopic (exact) mass is 319 g/mol. The maximum atomic E-state index is 13.5. The van der Waals surface area contributed by atoms with Crippen LogP contribution < -0.4 is 5.32 Å². The zero-order chi connectivity index (χ0) is 13.3. The molecule has 0 aliphatic heterocycles. The molecule has 1 aliphatic carbocycles. The quantitative estimate of drug-likeness (QED) is 0.894. The maximum absolute atomic E-state index is 13.5. The summed E-state index contributed by atoms with van der Waals surface area (Å²) < 4.78 is 27.2. The van der Waals surface area contributed by atoms with E-state index in [1.54, 1.807) is 0 Å². The van der Waals surface area contributed by atoms with Gasteiger partial charge in [-0.25, -0.2) is 8.78 Å². The Labute approximate surface area is 111 Å². The topological polar surface area (TPSA) is 49.3 Å². The number of benzene rings is 1. The summed E-state index contributed by atoms with van der Waals surface area (Å²) in [6.07, 6.45) is 1.21. The van der Waals surface area contributed by atoms with Crippen LogP contribution in [-0.2, 0) is 0 Å². The van der Waals surface area contributed by atoms with Crippen molar-refractivity contribution in [1.82, 2.24) is 5.32 Å². The highest BCUT2D eigenvalue weighted by Gasteiger charge is 2.30. The molecule has 6 heteroatoms. The van der Waals surface area contributed by atoms with Crippen LogP contribution in [0.3, 0.4) is 0 Å². The van der Waals surface area contributed by atoms with Gasteiger partial charge in [0.05, 0.1) is 6.10 Å². The zero-order valence-corrected chi connectivity index (χ0v) is 11.0. The van der Waals surface area contributed by atoms with E-state index in [-0.39, 0.29) is 16.9 Å². The lowest BCUT2D eigenvalue weighted by Gasteiger charge is -2.11. The second-order valence-corrected chi connectivity index (χ2v) is 5.27. The van der Waals surface area contributed by atoms with Crippen molar-refractivity contribution in [2.24, 2.45) is 5.92 Å². The normalized spacial score (nSPS) is 16.4. The van der Waals surface area contributed by atoms with Gasteiger partial charge in [0.25, 0.3) is 5.91 Å². The molecule has 1 amide bonds. The van der Waals surface area contributed by atoms with Crippen molar-refractivity contribution in [2.75, 3.05) is 6.54 Å². The minimum absolute atomic E-state index is 0.0123. The summed E-state index contributed by atoms with van der Waals surface area (Å²) in [4.78, 5) is 11.6. The summed E-state index contributed by atoms with van der Waals surface area (Å²) in [7, 11) is 0. The molecule has 1 saturated carbocycles. The molecule has 1 fully saturated rings. The van der Waals surface area contributed by atoms with E-state index in [9.17, 15) is 18.7 Å². The van der Waals surface area contributed by atoms with Gasteiger partial charge in [0.1, 0.15) is 17.2 Å². The second kappa shape index (κ2) is 5.32. The van der Waals surface area contributed by atoms with Gasteiger partial charge in [0.15, 0.2) is 0 Å². The Balaban J connectivity index is 2.04. The number of rotatable bonds is 4. The minimum atomic E-state index is -0.930. The number of carbonyl (C=O) groups excluding carboxylic acids is 1. The molecular weight excluding hydrogens is 308 g/mol. The van der Waals surface area contributed by atoms with E-state index >= 15 is 0 Å². The van der Waals surface area contributed by atoms with Crippen LogP contribution in [0, 0.1) is 17.6 Å². The van der Waals surface area contributed by atoms with E-state index in [1.165, 1.54) is 0 Å². The van der Waals surface area contributed by atoms with Crippen LogP contribution in [0.4, 0.5) is 8.78 Å². The molecule has 3 nitrogen and oxygen atoms in total. The Morgan fingerprint density at radius 3 is 2.50 bits per heavy atom. The molecule has 0 saturated heterocycles. The summed E-state index contributed by atoms with van der Waals surface area (Å²) in [6, 6.07) is 2.05. The molecule has 1 atom stereocenters. The third-order valence-electron chi connectivity index (χ3n) is 2.87. The lowest BCUT2D eigenvalue weighted by atomic mass is 10.1. The van der Waals surface area contributed by atoms with E-state index in [0.717, 1.165) is 25.0 Å². The van der Waals surface area contributed by atoms with Gasteiger partial charge in [0, 0.05) is 11.0 Å². The predicted molar refractivity (Wildman–Crippen MR) is 65.1 cm³/mol. The Kier molecular flexibility index (Phi) is 3.97. The lowest BCUT2D eigenvalue weighted by molar-refractivity contribution is 0.0893. The second-order valence-electron chi connectivity index (χ2n) is 4.36. The molecule has 0 bridgehead atoms. The smallest absolute Gasteiger partial charge is 0.257 e. The van der Waals surface area contributed by atoms with Gasteiger partial charge < -0.3 is 10.4 Å². The van der Waals surface area contributed by atoms with E-state index in [0.29, 0.717) is 0 Å². The van der Waals surface area contributed by atoms with Crippen LogP contribution in [0.15, 0.2) is 16.6 Å². The van der Waals surface area contributed by atoms with E-state index in [4.69, 9.17) is 0 Å². The molecule has 0 spiro atoms. The molecule has 0 aromatic heterocycles. The predicted octanol–water partition coefficient (Wildman–Crippen LogP) is 2.23. The largest absolute Gasteiger partial charge is 0.391 e. The standard InChI is InChI=1S/C12H12BrF2NO2/c13-7-3-8(14)11(9(15)4-7)12(18)16-5-10(17)6-1-2-6/h3-4,6,10,17H,1-2,5H2,(H,16,18). The number of nitrogens with one attached hydrogen (secondary N) is 1. The fourth-order valence-corrected chi connectivity index (χ4v) is 2.09. The summed E-state index contributed by atoms with van der Waals surface area (Å²) in [5.74, 6) is -2.51. The van der Waals surface area contributed by atoms with Gasteiger partial charge in [-0.15, -0.1) is 0 Å². The summed E-state index contributed by atoms with van der Waals surface area (Å²) >= 11 is 2.93. The molecule has 1 aromatic rings. The van der Waals surface area contributed by atoms with Crippen molar-refractivity contribution in [3.63, 3.8) is 0 Å². The van der Waals surface area contributed by atoms with Crippen molar-refractivity contribution < 1.29 is 18.7 Å². The van der Waals surface area contributed by atoms with Gasteiger partial charge in [0.2, 0.25) is 0 Å².